The van der Waals surface area contributed by atoms with Crippen molar-refractivity contribution in [3.63, 3.8) is 0 Å². The second-order valence-electron chi connectivity index (χ2n) is 8.02. The normalized spacial score (nSPS) is 39.0. The molecule has 2 heteroatoms. The van der Waals surface area contributed by atoms with E-state index in [1.54, 1.807) is 0 Å². The first-order valence-corrected chi connectivity index (χ1v) is 9.18. The van der Waals surface area contributed by atoms with Gasteiger partial charge in [0.1, 0.15) is 0 Å². The Morgan fingerprint density at radius 3 is 2.50 bits per heavy atom. The van der Waals surface area contributed by atoms with Crippen LogP contribution in [0.3, 0.4) is 0 Å². The van der Waals surface area contributed by atoms with Gasteiger partial charge in [-0.2, -0.15) is 0 Å². The number of hydrogen-bond acceptors (Lipinski definition) is 2. The van der Waals surface area contributed by atoms with E-state index in [1.807, 2.05) is 0 Å². The van der Waals surface area contributed by atoms with Crippen LogP contribution in [-0.2, 0) is 0 Å². The van der Waals surface area contributed by atoms with E-state index in [9.17, 15) is 0 Å². The standard InChI is InChI=1S/C18H34N2/c1-15-8-4-5-9-17(15)13-20-14-18(19-12-16(20)2)10-6-3-7-11-18/h15-17,19H,3-14H2,1-2H3. The predicted octanol–water partition coefficient (Wildman–Crippen LogP) is 3.81. The Hall–Kier alpha value is -0.0800. The average Bonchev–Trinajstić information content (AvgIpc) is 2.47. The zero-order chi connectivity index (χ0) is 14.0. The zero-order valence-electron chi connectivity index (χ0n) is 13.7. The summed E-state index contributed by atoms with van der Waals surface area (Å²) in [4.78, 5) is 2.84. The molecule has 1 aliphatic heterocycles. The fraction of sp³-hybridized carbons (Fsp3) is 1.00. The molecule has 0 amide bonds. The summed E-state index contributed by atoms with van der Waals surface area (Å²) in [6.07, 6.45) is 13.1. The predicted molar refractivity (Wildman–Crippen MR) is 86.0 cm³/mol. The molecule has 2 saturated carbocycles. The van der Waals surface area contributed by atoms with Gasteiger partial charge in [0, 0.05) is 31.2 Å². The van der Waals surface area contributed by atoms with Gasteiger partial charge in [0.15, 0.2) is 0 Å². The minimum Gasteiger partial charge on any atom is -0.308 e. The van der Waals surface area contributed by atoms with Crippen LogP contribution >= 0.6 is 0 Å². The molecule has 0 aromatic rings. The van der Waals surface area contributed by atoms with Crippen molar-refractivity contribution in [1.82, 2.24) is 10.2 Å². The van der Waals surface area contributed by atoms with Crippen LogP contribution in [0.5, 0.6) is 0 Å². The smallest absolute Gasteiger partial charge is 0.0309 e. The van der Waals surface area contributed by atoms with Gasteiger partial charge in [0.2, 0.25) is 0 Å². The van der Waals surface area contributed by atoms with Crippen LogP contribution in [0.1, 0.15) is 71.6 Å². The molecule has 1 saturated heterocycles. The number of rotatable bonds is 2. The summed E-state index contributed by atoms with van der Waals surface area (Å²) in [6.45, 7) is 8.81. The topological polar surface area (TPSA) is 15.3 Å². The van der Waals surface area contributed by atoms with Gasteiger partial charge < -0.3 is 5.32 Å². The van der Waals surface area contributed by atoms with Crippen molar-refractivity contribution >= 4 is 0 Å². The first kappa shape index (κ1) is 14.8. The number of nitrogens with one attached hydrogen (secondary N) is 1. The minimum atomic E-state index is 0.475. The summed E-state index contributed by atoms with van der Waals surface area (Å²) >= 11 is 0. The van der Waals surface area contributed by atoms with E-state index in [0.29, 0.717) is 5.54 Å². The summed E-state index contributed by atoms with van der Waals surface area (Å²) in [5.41, 5.74) is 0.475. The maximum atomic E-state index is 3.92. The summed E-state index contributed by atoms with van der Waals surface area (Å²) < 4.78 is 0. The van der Waals surface area contributed by atoms with Crippen molar-refractivity contribution < 1.29 is 0 Å². The van der Waals surface area contributed by atoms with Gasteiger partial charge in [-0.05, 0) is 38.0 Å². The highest BCUT2D eigenvalue weighted by Crippen LogP contribution is 2.35. The lowest BCUT2D eigenvalue weighted by atomic mass is 9.77. The first-order valence-electron chi connectivity index (χ1n) is 9.18. The third-order valence-corrected chi connectivity index (χ3v) is 6.47. The van der Waals surface area contributed by atoms with Gasteiger partial charge in [0.05, 0.1) is 0 Å². The summed E-state index contributed by atoms with van der Waals surface area (Å²) in [5, 5.41) is 3.92. The van der Waals surface area contributed by atoms with Crippen molar-refractivity contribution in [3.05, 3.63) is 0 Å². The molecular formula is C18H34N2. The SMILES string of the molecule is CC1CCCCC1CN1CC2(CCCCC2)NCC1C. The Kier molecular flexibility index (Phi) is 4.72. The highest BCUT2D eigenvalue weighted by Gasteiger charge is 2.39. The lowest BCUT2D eigenvalue weighted by molar-refractivity contribution is 0.0379. The van der Waals surface area contributed by atoms with Crippen molar-refractivity contribution in [3.8, 4) is 0 Å². The second kappa shape index (κ2) is 6.36. The van der Waals surface area contributed by atoms with Crippen LogP contribution in [0.15, 0.2) is 0 Å². The van der Waals surface area contributed by atoms with Gasteiger partial charge >= 0.3 is 0 Å². The monoisotopic (exact) mass is 278 g/mol. The zero-order valence-corrected chi connectivity index (χ0v) is 13.7. The van der Waals surface area contributed by atoms with E-state index >= 15 is 0 Å². The van der Waals surface area contributed by atoms with Crippen molar-refractivity contribution in [2.24, 2.45) is 11.8 Å². The summed E-state index contributed by atoms with van der Waals surface area (Å²) in [7, 11) is 0. The fourth-order valence-corrected chi connectivity index (χ4v) is 4.87. The van der Waals surface area contributed by atoms with Crippen LogP contribution < -0.4 is 5.32 Å². The molecule has 3 atom stereocenters. The first-order chi connectivity index (χ1) is 9.69. The third kappa shape index (κ3) is 3.22. The quantitative estimate of drug-likeness (QED) is 0.826. The molecule has 3 unspecified atom stereocenters. The molecule has 1 heterocycles. The Morgan fingerprint density at radius 2 is 1.75 bits per heavy atom. The molecule has 3 fully saturated rings. The fourth-order valence-electron chi connectivity index (χ4n) is 4.87. The van der Waals surface area contributed by atoms with Gasteiger partial charge in [-0.3, -0.25) is 4.90 Å². The van der Waals surface area contributed by atoms with Gasteiger partial charge in [-0.15, -0.1) is 0 Å². The maximum Gasteiger partial charge on any atom is 0.0309 e. The maximum absolute atomic E-state index is 3.92. The van der Waals surface area contributed by atoms with Crippen LogP contribution in [0.25, 0.3) is 0 Å². The summed E-state index contributed by atoms with van der Waals surface area (Å²) in [5.74, 6) is 1.91. The van der Waals surface area contributed by atoms with Gasteiger partial charge in [-0.25, -0.2) is 0 Å². The molecule has 2 aliphatic carbocycles. The number of piperazine rings is 1. The minimum absolute atomic E-state index is 0.475. The molecule has 0 bridgehead atoms. The van der Waals surface area contributed by atoms with Crippen molar-refractivity contribution in [1.29, 1.82) is 0 Å². The van der Waals surface area contributed by atoms with E-state index in [2.05, 4.69) is 24.1 Å². The van der Waals surface area contributed by atoms with Crippen LogP contribution in [-0.4, -0.2) is 36.1 Å². The van der Waals surface area contributed by atoms with E-state index in [4.69, 9.17) is 0 Å². The average molecular weight is 278 g/mol. The van der Waals surface area contributed by atoms with Gasteiger partial charge in [-0.1, -0.05) is 45.4 Å². The van der Waals surface area contributed by atoms with Crippen LogP contribution in [0.2, 0.25) is 0 Å². The van der Waals surface area contributed by atoms with E-state index in [1.165, 1.54) is 77.4 Å². The third-order valence-electron chi connectivity index (χ3n) is 6.47. The van der Waals surface area contributed by atoms with E-state index in [-0.39, 0.29) is 0 Å². The highest BCUT2D eigenvalue weighted by molar-refractivity contribution is 4.99. The van der Waals surface area contributed by atoms with E-state index < -0.39 is 0 Å². The molecular weight excluding hydrogens is 244 g/mol. The van der Waals surface area contributed by atoms with Crippen LogP contribution in [0, 0.1) is 11.8 Å². The Morgan fingerprint density at radius 1 is 1.00 bits per heavy atom. The highest BCUT2D eigenvalue weighted by atomic mass is 15.3. The molecule has 3 aliphatic rings. The molecule has 1 N–H and O–H groups in total. The molecule has 116 valence electrons. The lowest BCUT2D eigenvalue weighted by Gasteiger charge is -2.50. The van der Waals surface area contributed by atoms with Crippen molar-refractivity contribution in [2.45, 2.75) is 83.2 Å². The lowest BCUT2D eigenvalue weighted by Crippen LogP contribution is -2.64. The molecule has 0 aromatic heterocycles. The largest absolute Gasteiger partial charge is 0.308 e. The van der Waals surface area contributed by atoms with E-state index in [0.717, 1.165) is 17.9 Å². The number of hydrogen-bond donors (Lipinski definition) is 1. The molecule has 20 heavy (non-hydrogen) atoms. The molecule has 0 radical (unpaired) electrons. The molecule has 1 spiro atoms. The Labute approximate surface area is 125 Å². The number of nitrogens with zero attached hydrogens (tertiary/aromatic N) is 1. The molecule has 0 aromatic carbocycles. The Bertz CT molecular complexity index is 309. The summed E-state index contributed by atoms with van der Waals surface area (Å²) in [6, 6.07) is 0.733. The van der Waals surface area contributed by atoms with Crippen molar-refractivity contribution in [2.75, 3.05) is 19.6 Å². The van der Waals surface area contributed by atoms with Gasteiger partial charge in [0.25, 0.3) is 0 Å². The molecule has 2 nitrogen and oxygen atoms in total. The van der Waals surface area contributed by atoms with Crippen LogP contribution in [0.4, 0.5) is 0 Å². The molecule has 3 rings (SSSR count). The second-order valence-corrected chi connectivity index (χ2v) is 8.02. The Balaban J connectivity index is 1.61.